The molecule has 0 radical (unpaired) electrons. The topological polar surface area (TPSA) is 86.8 Å². The molecular formula is C26H25Cl4N3O4S. The van der Waals surface area contributed by atoms with Crippen LogP contribution in [0.4, 0.5) is 5.69 Å². The summed E-state index contributed by atoms with van der Waals surface area (Å²) in [5.41, 5.74) is 1.45. The smallest absolute Gasteiger partial charge is 0.244 e. The Hall–Kier alpha value is -2.49. The minimum Gasteiger partial charge on any atom is -0.357 e. The summed E-state index contributed by atoms with van der Waals surface area (Å²) < 4.78 is 26.4. The van der Waals surface area contributed by atoms with Gasteiger partial charge in [0.2, 0.25) is 21.8 Å². The average Bonchev–Trinajstić information content (AvgIpc) is 2.84. The molecule has 0 spiro atoms. The molecule has 0 bridgehead atoms. The standard InChI is InChI=1S/C26H25Cl4N3O4S/c1-31-26(35)24(10-17-6-4-3-5-7-17)32(15-18-8-9-19(27)14-23(18)30)25(34)16-33(38(2,36)37)22-12-20(28)11-21(29)13-22/h3-9,11-14,24H,10,15-16H2,1-2H3,(H,31,35)/t24-/m1/s1. The summed E-state index contributed by atoms with van der Waals surface area (Å²) in [5, 5.41) is 3.71. The molecule has 38 heavy (non-hydrogen) atoms. The van der Waals surface area contributed by atoms with Crippen LogP contribution >= 0.6 is 46.4 Å². The van der Waals surface area contributed by atoms with Crippen molar-refractivity contribution in [3.05, 3.63) is 97.9 Å². The summed E-state index contributed by atoms with van der Waals surface area (Å²) in [6, 6.07) is 17.2. The van der Waals surface area contributed by atoms with Gasteiger partial charge in [0.25, 0.3) is 0 Å². The van der Waals surface area contributed by atoms with Crippen LogP contribution in [-0.4, -0.2) is 51.0 Å². The Morgan fingerprint density at radius 1 is 0.895 bits per heavy atom. The summed E-state index contributed by atoms with van der Waals surface area (Å²) in [4.78, 5) is 28.3. The van der Waals surface area contributed by atoms with Gasteiger partial charge in [0.15, 0.2) is 0 Å². The molecule has 0 aliphatic carbocycles. The SMILES string of the molecule is CNC(=O)[C@@H](Cc1ccccc1)N(Cc1ccc(Cl)cc1Cl)C(=O)CN(c1cc(Cl)cc(Cl)c1)S(C)(=O)=O. The maximum absolute atomic E-state index is 13.9. The first kappa shape index (κ1) is 30.1. The van der Waals surface area contributed by atoms with E-state index >= 15 is 0 Å². The van der Waals surface area contributed by atoms with Gasteiger partial charge in [-0.05, 0) is 41.5 Å². The molecule has 3 aromatic carbocycles. The molecule has 3 aromatic rings. The molecule has 0 aliphatic heterocycles. The summed E-state index contributed by atoms with van der Waals surface area (Å²) in [6.07, 6.45) is 1.15. The van der Waals surface area contributed by atoms with Crippen molar-refractivity contribution in [2.24, 2.45) is 0 Å². The van der Waals surface area contributed by atoms with Gasteiger partial charge in [0.1, 0.15) is 12.6 Å². The van der Waals surface area contributed by atoms with Crippen molar-refractivity contribution in [1.29, 1.82) is 0 Å². The number of carbonyl (C=O) groups excluding carboxylic acids is 2. The van der Waals surface area contributed by atoms with Gasteiger partial charge >= 0.3 is 0 Å². The molecule has 0 saturated carbocycles. The second-order valence-electron chi connectivity index (χ2n) is 8.47. The van der Waals surface area contributed by atoms with E-state index in [2.05, 4.69) is 5.32 Å². The van der Waals surface area contributed by atoms with Crippen molar-refractivity contribution in [3.63, 3.8) is 0 Å². The molecule has 0 heterocycles. The van der Waals surface area contributed by atoms with E-state index in [1.807, 2.05) is 30.3 Å². The number of hydrogen-bond donors (Lipinski definition) is 1. The Kier molecular flexibility index (Phi) is 10.3. The molecule has 2 amide bonds. The first-order valence-electron chi connectivity index (χ1n) is 11.3. The highest BCUT2D eigenvalue weighted by atomic mass is 35.5. The molecule has 1 atom stereocenters. The van der Waals surface area contributed by atoms with Gasteiger partial charge < -0.3 is 10.2 Å². The Bertz CT molecular complexity index is 1400. The lowest BCUT2D eigenvalue weighted by atomic mass is 10.0. The van der Waals surface area contributed by atoms with Gasteiger partial charge in [-0.25, -0.2) is 8.42 Å². The van der Waals surface area contributed by atoms with Crippen molar-refractivity contribution in [3.8, 4) is 0 Å². The molecule has 0 aromatic heterocycles. The quantitative estimate of drug-likeness (QED) is 0.328. The third-order valence-corrected chi connectivity index (χ3v) is 7.85. The van der Waals surface area contributed by atoms with E-state index in [9.17, 15) is 18.0 Å². The van der Waals surface area contributed by atoms with Gasteiger partial charge in [-0.2, -0.15) is 0 Å². The molecule has 202 valence electrons. The van der Waals surface area contributed by atoms with Gasteiger partial charge in [-0.1, -0.05) is 82.8 Å². The van der Waals surface area contributed by atoms with Gasteiger partial charge in [-0.15, -0.1) is 0 Å². The number of amides is 2. The van der Waals surface area contributed by atoms with Crippen molar-refractivity contribution in [2.45, 2.75) is 19.0 Å². The van der Waals surface area contributed by atoms with Crippen molar-refractivity contribution < 1.29 is 18.0 Å². The van der Waals surface area contributed by atoms with Gasteiger partial charge in [-0.3, -0.25) is 13.9 Å². The third kappa shape index (κ3) is 8.01. The predicted molar refractivity (Wildman–Crippen MR) is 154 cm³/mol. The number of hydrogen-bond acceptors (Lipinski definition) is 4. The van der Waals surface area contributed by atoms with E-state index in [1.165, 1.54) is 36.2 Å². The Morgan fingerprint density at radius 2 is 1.53 bits per heavy atom. The van der Waals surface area contributed by atoms with Crippen LogP contribution < -0.4 is 9.62 Å². The van der Waals surface area contributed by atoms with Crippen LogP contribution in [0.5, 0.6) is 0 Å². The number of nitrogens with zero attached hydrogens (tertiary/aromatic N) is 2. The summed E-state index contributed by atoms with van der Waals surface area (Å²) >= 11 is 24.7. The molecule has 7 nitrogen and oxygen atoms in total. The molecule has 12 heteroatoms. The van der Waals surface area contributed by atoms with E-state index < -0.39 is 34.4 Å². The summed E-state index contributed by atoms with van der Waals surface area (Å²) in [7, 11) is -2.49. The highest BCUT2D eigenvalue weighted by Crippen LogP contribution is 2.28. The van der Waals surface area contributed by atoms with Crippen LogP contribution in [-0.2, 0) is 32.6 Å². The number of nitrogens with one attached hydrogen (secondary N) is 1. The fourth-order valence-electron chi connectivity index (χ4n) is 3.85. The third-order valence-electron chi connectivity index (χ3n) is 5.69. The molecule has 0 saturated heterocycles. The predicted octanol–water partition coefficient (Wildman–Crippen LogP) is 5.45. The highest BCUT2D eigenvalue weighted by Gasteiger charge is 2.33. The molecule has 0 aliphatic rings. The molecule has 1 N–H and O–H groups in total. The normalized spacial score (nSPS) is 12.1. The maximum Gasteiger partial charge on any atom is 0.244 e. The zero-order chi connectivity index (χ0) is 28.0. The Labute approximate surface area is 242 Å². The molecule has 0 unspecified atom stereocenters. The zero-order valence-corrected chi connectivity index (χ0v) is 24.3. The lowest BCUT2D eigenvalue weighted by Gasteiger charge is -2.33. The second-order valence-corrected chi connectivity index (χ2v) is 12.1. The number of rotatable bonds is 10. The lowest BCUT2D eigenvalue weighted by Crippen LogP contribution is -2.52. The van der Waals surface area contributed by atoms with E-state index in [1.54, 1.807) is 12.1 Å². The van der Waals surface area contributed by atoms with Gasteiger partial charge in [0, 0.05) is 40.1 Å². The number of anilines is 1. The number of carbonyl (C=O) groups is 2. The fourth-order valence-corrected chi connectivity index (χ4v) is 5.67. The number of sulfonamides is 1. The number of benzene rings is 3. The zero-order valence-electron chi connectivity index (χ0n) is 20.5. The first-order valence-corrected chi connectivity index (χ1v) is 14.7. The van der Waals surface area contributed by atoms with Crippen LogP contribution in [0, 0.1) is 0 Å². The largest absolute Gasteiger partial charge is 0.357 e. The van der Waals surface area contributed by atoms with Crippen LogP contribution in [0.25, 0.3) is 0 Å². The van der Waals surface area contributed by atoms with Crippen LogP contribution in [0.1, 0.15) is 11.1 Å². The van der Waals surface area contributed by atoms with Crippen LogP contribution in [0.15, 0.2) is 66.7 Å². The van der Waals surface area contributed by atoms with Crippen LogP contribution in [0.3, 0.4) is 0 Å². The second kappa shape index (κ2) is 13.0. The monoisotopic (exact) mass is 615 g/mol. The Morgan fingerprint density at radius 3 is 2.08 bits per heavy atom. The molecule has 3 rings (SSSR count). The van der Waals surface area contributed by atoms with Crippen LogP contribution in [0.2, 0.25) is 20.1 Å². The molecule has 0 fully saturated rings. The number of likely N-dealkylation sites (N-methyl/N-ethyl adjacent to an activating group) is 1. The lowest BCUT2D eigenvalue weighted by molar-refractivity contribution is -0.139. The van der Waals surface area contributed by atoms with E-state index in [0.29, 0.717) is 15.6 Å². The van der Waals surface area contributed by atoms with E-state index in [0.717, 1.165) is 16.1 Å². The first-order chi connectivity index (χ1) is 17.9. The summed E-state index contributed by atoms with van der Waals surface area (Å²) in [5.74, 6) is -1.06. The number of halogens is 4. The van der Waals surface area contributed by atoms with E-state index in [4.69, 9.17) is 46.4 Å². The van der Waals surface area contributed by atoms with Gasteiger partial charge in [0.05, 0.1) is 11.9 Å². The van der Waals surface area contributed by atoms with Crippen molar-refractivity contribution in [1.82, 2.24) is 10.2 Å². The average molecular weight is 617 g/mol. The molecular weight excluding hydrogens is 592 g/mol. The van der Waals surface area contributed by atoms with Crippen molar-refractivity contribution >= 4 is 73.9 Å². The van der Waals surface area contributed by atoms with Crippen molar-refractivity contribution in [2.75, 3.05) is 24.2 Å². The minimum atomic E-state index is -3.95. The maximum atomic E-state index is 13.9. The van der Waals surface area contributed by atoms with E-state index in [-0.39, 0.29) is 28.7 Å². The summed E-state index contributed by atoms with van der Waals surface area (Å²) in [6.45, 7) is -0.684. The minimum absolute atomic E-state index is 0.0757. The highest BCUT2D eigenvalue weighted by molar-refractivity contribution is 7.92. The Balaban J connectivity index is 2.07. The fraction of sp³-hybridized carbons (Fsp3) is 0.231.